The van der Waals surface area contributed by atoms with Crippen LogP contribution in [0.3, 0.4) is 0 Å². The van der Waals surface area contributed by atoms with Crippen molar-refractivity contribution in [3.8, 4) is 11.5 Å². The molecule has 9 heteroatoms. The van der Waals surface area contributed by atoms with E-state index in [0.29, 0.717) is 54.6 Å². The molecular weight excluding hydrogens is 466 g/mol. The second-order valence-corrected chi connectivity index (χ2v) is 10.1. The van der Waals surface area contributed by atoms with Crippen molar-refractivity contribution >= 4 is 27.3 Å². The minimum Gasteiger partial charge on any atom is -0.497 e. The Labute approximate surface area is 206 Å². The Kier molecular flexibility index (Phi) is 7.16. The largest absolute Gasteiger partial charge is 0.497 e. The van der Waals surface area contributed by atoms with E-state index in [1.807, 2.05) is 35.2 Å². The van der Waals surface area contributed by atoms with Gasteiger partial charge in [0.25, 0.3) is 15.9 Å². The number of benzene rings is 3. The van der Waals surface area contributed by atoms with E-state index in [0.717, 1.165) is 0 Å². The maximum absolute atomic E-state index is 13.4. The minimum absolute atomic E-state index is 0.00494. The molecule has 184 valence electrons. The van der Waals surface area contributed by atoms with Gasteiger partial charge in [-0.25, -0.2) is 8.42 Å². The summed E-state index contributed by atoms with van der Waals surface area (Å²) in [6, 6.07) is 20.9. The lowest BCUT2D eigenvalue weighted by Gasteiger charge is -2.37. The SMILES string of the molecule is COc1ccc(N(C)S(=O)(=O)c2ccc(OC)c(N3CCN(C(=O)c4ccccc4)CC3)c2)cc1. The van der Waals surface area contributed by atoms with Crippen molar-refractivity contribution in [2.45, 2.75) is 4.90 Å². The van der Waals surface area contributed by atoms with Gasteiger partial charge in [0, 0.05) is 38.8 Å². The molecule has 1 amide bonds. The Balaban J connectivity index is 1.54. The van der Waals surface area contributed by atoms with Gasteiger partial charge in [-0.2, -0.15) is 0 Å². The standard InChI is InChI=1S/C26H29N3O5S/c1-27(21-9-11-22(33-2)12-10-21)35(31,32)23-13-14-25(34-3)24(19-23)28-15-17-29(18-16-28)26(30)20-7-5-4-6-8-20/h4-14,19H,15-18H2,1-3H3. The second kappa shape index (κ2) is 10.3. The first-order chi connectivity index (χ1) is 16.8. The molecule has 1 aliphatic heterocycles. The van der Waals surface area contributed by atoms with Crippen LogP contribution in [0.25, 0.3) is 0 Å². The van der Waals surface area contributed by atoms with E-state index in [1.165, 1.54) is 11.4 Å². The number of methoxy groups -OCH3 is 2. The number of rotatable bonds is 7. The van der Waals surface area contributed by atoms with Gasteiger partial charge in [0.1, 0.15) is 11.5 Å². The Hall–Kier alpha value is -3.72. The summed E-state index contributed by atoms with van der Waals surface area (Å²) in [6.45, 7) is 2.18. The molecule has 1 fully saturated rings. The summed E-state index contributed by atoms with van der Waals surface area (Å²) in [4.78, 5) is 16.8. The van der Waals surface area contributed by atoms with E-state index in [4.69, 9.17) is 9.47 Å². The summed E-state index contributed by atoms with van der Waals surface area (Å²) >= 11 is 0. The number of amides is 1. The van der Waals surface area contributed by atoms with Gasteiger partial charge in [-0.05, 0) is 54.6 Å². The number of hydrogen-bond donors (Lipinski definition) is 0. The molecule has 8 nitrogen and oxygen atoms in total. The van der Waals surface area contributed by atoms with Crippen molar-refractivity contribution in [3.63, 3.8) is 0 Å². The number of hydrogen-bond acceptors (Lipinski definition) is 6. The van der Waals surface area contributed by atoms with Gasteiger partial charge in [-0.3, -0.25) is 9.10 Å². The summed E-state index contributed by atoms with van der Waals surface area (Å²) in [5.74, 6) is 1.23. The quantitative estimate of drug-likeness (QED) is 0.499. The van der Waals surface area contributed by atoms with Gasteiger partial charge in [0.15, 0.2) is 0 Å². The van der Waals surface area contributed by atoms with Gasteiger partial charge in [0.05, 0.1) is 30.5 Å². The van der Waals surface area contributed by atoms with E-state index in [2.05, 4.69) is 4.90 Å². The molecule has 0 atom stereocenters. The fraction of sp³-hybridized carbons (Fsp3) is 0.269. The van der Waals surface area contributed by atoms with Gasteiger partial charge in [0.2, 0.25) is 0 Å². The molecule has 4 rings (SSSR count). The van der Waals surface area contributed by atoms with Crippen LogP contribution in [0.5, 0.6) is 11.5 Å². The van der Waals surface area contributed by atoms with Crippen LogP contribution in [-0.4, -0.2) is 66.7 Å². The van der Waals surface area contributed by atoms with E-state index < -0.39 is 10.0 Å². The summed E-state index contributed by atoms with van der Waals surface area (Å²) < 4.78 is 38.7. The summed E-state index contributed by atoms with van der Waals surface area (Å²) in [7, 11) is 0.833. The van der Waals surface area contributed by atoms with Crippen molar-refractivity contribution < 1.29 is 22.7 Å². The number of ether oxygens (including phenoxy) is 2. The summed E-state index contributed by atoms with van der Waals surface area (Å²) in [6.07, 6.45) is 0. The molecule has 35 heavy (non-hydrogen) atoms. The lowest BCUT2D eigenvalue weighted by molar-refractivity contribution is 0.0746. The van der Waals surface area contributed by atoms with Gasteiger partial charge >= 0.3 is 0 Å². The van der Waals surface area contributed by atoms with Crippen LogP contribution in [0.2, 0.25) is 0 Å². The molecule has 1 saturated heterocycles. The number of carbonyl (C=O) groups is 1. The molecule has 0 unspecified atom stereocenters. The van der Waals surface area contributed by atoms with Crippen LogP contribution >= 0.6 is 0 Å². The van der Waals surface area contributed by atoms with E-state index in [-0.39, 0.29) is 10.8 Å². The first kappa shape index (κ1) is 24.4. The topological polar surface area (TPSA) is 79.4 Å². The van der Waals surface area contributed by atoms with Crippen molar-refractivity contribution in [3.05, 3.63) is 78.4 Å². The molecular formula is C26H29N3O5S. The molecule has 1 aliphatic rings. The number of carbonyl (C=O) groups excluding carboxylic acids is 1. The van der Waals surface area contributed by atoms with Gasteiger partial charge in [-0.15, -0.1) is 0 Å². The molecule has 0 radical (unpaired) electrons. The third-order valence-corrected chi connectivity index (χ3v) is 7.95. The highest BCUT2D eigenvalue weighted by Gasteiger charge is 2.27. The number of anilines is 2. The Morgan fingerprint density at radius 1 is 0.857 bits per heavy atom. The number of piperazine rings is 1. The molecule has 0 N–H and O–H groups in total. The van der Waals surface area contributed by atoms with Gasteiger partial charge < -0.3 is 19.3 Å². The zero-order valence-corrected chi connectivity index (χ0v) is 20.9. The molecule has 0 bridgehead atoms. The average Bonchev–Trinajstić information content (AvgIpc) is 2.92. The van der Waals surface area contributed by atoms with Crippen LogP contribution in [0.4, 0.5) is 11.4 Å². The van der Waals surface area contributed by atoms with E-state index in [9.17, 15) is 13.2 Å². The average molecular weight is 496 g/mol. The third kappa shape index (κ3) is 5.05. The predicted molar refractivity (Wildman–Crippen MR) is 136 cm³/mol. The maximum Gasteiger partial charge on any atom is 0.264 e. The van der Waals surface area contributed by atoms with Crippen molar-refractivity contribution in [2.24, 2.45) is 0 Å². The molecule has 1 heterocycles. The zero-order valence-electron chi connectivity index (χ0n) is 20.0. The summed E-state index contributed by atoms with van der Waals surface area (Å²) in [5.41, 5.74) is 1.87. The van der Waals surface area contributed by atoms with Crippen molar-refractivity contribution in [1.29, 1.82) is 0 Å². The van der Waals surface area contributed by atoms with E-state index >= 15 is 0 Å². The van der Waals surface area contributed by atoms with Crippen molar-refractivity contribution in [2.75, 3.05) is 56.7 Å². The Bertz CT molecular complexity index is 1270. The molecule has 0 saturated carbocycles. The normalized spacial score (nSPS) is 13.9. The minimum atomic E-state index is -3.81. The molecule has 3 aromatic carbocycles. The fourth-order valence-electron chi connectivity index (χ4n) is 4.08. The molecule has 0 spiro atoms. The Morgan fingerprint density at radius 3 is 2.11 bits per heavy atom. The fourth-order valence-corrected chi connectivity index (χ4v) is 5.30. The predicted octanol–water partition coefficient (Wildman–Crippen LogP) is 3.49. The van der Waals surface area contributed by atoms with Crippen LogP contribution in [0, 0.1) is 0 Å². The summed E-state index contributed by atoms with van der Waals surface area (Å²) in [5, 5.41) is 0. The smallest absolute Gasteiger partial charge is 0.264 e. The zero-order chi connectivity index (χ0) is 25.0. The first-order valence-electron chi connectivity index (χ1n) is 11.3. The number of sulfonamides is 1. The van der Waals surface area contributed by atoms with Gasteiger partial charge in [-0.1, -0.05) is 18.2 Å². The molecule has 3 aromatic rings. The van der Waals surface area contributed by atoms with Crippen LogP contribution < -0.4 is 18.7 Å². The highest BCUT2D eigenvalue weighted by molar-refractivity contribution is 7.92. The van der Waals surface area contributed by atoms with Crippen LogP contribution in [-0.2, 0) is 10.0 Å². The lowest BCUT2D eigenvalue weighted by Crippen LogP contribution is -2.49. The molecule has 0 aliphatic carbocycles. The third-order valence-electron chi connectivity index (χ3n) is 6.17. The second-order valence-electron chi connectivity index (χ2n) is 8.15. The first-order valence-corrected chi connectivity index (χ1v) is 12.7. The monoisotopic (exact) mass is 495 g/mol. The number of nitrogens with zero attached hydrogens (tertiary/aromatic N) is 3. The Morgan fingerprint density at radius 2 is 1.51 bits per heavy atom. The highest BCUT2D eigenvalue weighted by atomic mass is 32.2. The van der Waals surface area contributed by atoms with E-state index in [1.54, 1.807) is 56.7 Å². The van der Waals surface area contributed by atoms with Crippen LogP contribution in [0.15, 0.2) is 77.7 Å². The maximum atomic E-state index is 13.4. The van der Waals surface area contributed by atoms with Crippen LogP contribution in [0.1, 0.15) is 10.4 Å². The lowest BCUT2D eigenvalue weighted by atomic mass is 10.1. The van der Waals surface area contributed by atoms with Crippen molar-refractivity contribution in [1.82, 2.24) is 4.90 Å². The highest BCUT2D eigenvalue weighted by Crippen LogP contribution is 2.34. The molecule has 0 aromatic heterocycles.